The van der Waals surface area contributed by atoms with E-state index in [1.165, 1.54) is 25.7 Å². The lowest BCUT2D eigenvalue weighted by molar-refractivity contribution is 0.185. The van der Waals surface area contributed by atoms with Crippen molar-refractivity contribution in [3.8, 4) is 0 Å². The van der Waals surface area contributed by atoms with Gasteiger partial charge in [0.05, 0.1) is 15.8 Å². The minimum absolute atomic E-state index is 0.207. The number of halogens is 2. The first-order valence-corrected chi connectivity index (χ1v) is 7.84. The van der Waals surface area contributed by atoms with E-state index in [4.69, 9.17) is 0 Å². The van der Waals surface area contributed by atoms with Gasteiger partial charge in [-0.3, -0.25) is 0 Å². The summed E-state index contributed by atoms with van der Waals surface area (Å²) in [7, 11) is 0. The monoisotopic (exact) mass is 326 g/mol. The highest BCUT2D eigenvalue weighted by Crippen LogP contribution is 2.42. The van der Waals surface area contributed by atoms with Crippen molar-refractivity contribution >= 4 is 27.3 Å². The zero-order valence-electron chi connectivity index (χ0n) is 11.2. The predicted molar refractivity (Wildman–Crippen MR) is 81.1 cm³/mol. The van der Waals surface area contributed by atoms with E-state index in [1.54, 1.807) is 6.07 Å². The molecule has 2 aliphatic rings. The molecule has 0 aromatic heterocycles. The third-order valence-corrected chi connectivity index (χ3v) is 5.31. The van der Waals surface area contributed by atoms with Crippen molar-refractivity contribution in [1.29, 1.82) is 0 Å². The van der Waals surface area contributed by atoms with Crippen molar-refractivity contribution in [1.82, 2.24) is 0 Å². The van der Waals surface area contributed by atoms with Crippen LogP contribution in [0.15, 0.2) is 16.6 Å². The second-order valence-electron chi connectivity index (χ2n) is 6.20. The van der Waals surface area contributed by atoms with Crippen LogP contribution in [0.2, 0.25) is 0 Å². The average molecular weight is 327 g/mol. The van der Waals surface area contributed by atoms with Crippen LogP contribution in [0.4, 0.5) is 15.8 Å². The van der Waals surface area contributed by atoms with Crippen LogP contribution < -0.4 is 10.6 Å². The fourth-order valence-electron chi connectivity index (χ4n) is 3.20. The quantitative estimate of drug-likeness (QED) is 0.726. The Kier molecular flexibility index (Phi) is 3.46. The van der Waals surface area contributed by atoms with Gasteiger partial charge in [0, 0.05) is 24.6 Å². The molecule has 0 amide bonds. The van der Waals surface area contributed by atoms with Gasteiger partial charge in [0.25, 0.3) is 0 Å². The molecule has 0 radical (unpaired) electrons. The lowest BCUT2D eigenvalue weighted by atomic mass is 9.71. The fraction of sp³-hybridized carbons (Fsp3) is 0.600. The van der Waals surface area contributed by atoms with Crippen molar-refractivity contribution in [2.24, 2.45) is 11.3 Å². The van der Waals surface area contributed by atoms with E-state index < -0.39 is 0 Å². The van der Waals surface area contributed by atoms with Gasteiger partial charge in [-0.05, 0) is 40.8 Å². The third-order valence-electron chi connectivity index (χ3n) is 4.70. The van der Waals surface area contributed by atoms with Gasteiger partial charge in [0.2, 0.25) is 0 Å². The molecule has 1 fully saturated rings. The molecule has 1 aromatic rings. The number of nitrogens with one attached hydrogen (secondary N) is 2. The van der Waals surface area contributed by atoms with Crippen LogP contribution in [0.25, 0.3) is 0 Å². The molecular formula is C15H20BrFN2. The van der Waals surface area contributed by atoms with Gasteiger partial charge in [0.15, 0.2) is 0 Å². The molecule has 1 saturated carbocycles. The molecule has 1 aliphatic carbocycles. The molecule has 0 saturated heterocycles. The van der Waals surface area contributed by atoms with Gasteiger partial charge in [-0.25, -0.2) is 4.39 Å². The van der Waals surface area contributed by atoms with Gasteiger partial charge in [0.1, 0.15) is 5.82 Å². The van der Waals surface area contributed by atoms with Crippen LogP contribution in [0.5, 0.6) is 0 Å². The highest BCUT2D eigenvalue weighted by atomic mass is 79.9. The number of hydrogen-bond acceptors (Lipinski definition) is 2. The number of fused-ring (bicyclic) bond motifs is 1. The summed E-state index contributed by atoms with van der Waals surface area (Å²) in [6.45, 7) is 4.27. The number of anilines is 2. The maximum absolute atomic E-state index is 13.6. The van der Waals surface area contributed by atoms with Crippen molar-refractivity contribution in [2.75, 3.05) is 23.7 Å². The van der Waals surface area contributed by atoms with E-state index >= 15 is 0 Å². The van der Waals surface area contributed by atoms with Crippen LogP contribution in [-0.4, -0.2) is 13.1 Å². The summed E-state index contributed by atoms with van der Waals surface area (Å²) in [5, 5.41) is 6.95. The Morgan fingerprint density at radius 1 is 1.16 bits per heavy atom. The Morgan fingerprint density at radius 3 is 2.37 bits per heavy atom. The lowest BCUT2D eigenvalue weighted by Gasteiger charge is -2.38. The third kappa shape index (κ3) is 2.60. The van der Waals surface area contributed by atoms with Crippen LogP contribution >= 0.6 is 15.9 Å². The Bertz CT molecular complexity index is 446. The molecule has 1 spiro atoms. The van der Waals surface area contributed by atoms with E-state index in [2.05, 4.69) is 33.5 Å². The van der Waals surface area contributed by atoms with Crippen molar-refractivity contribution in [3.05, 3.63) is 22.4 Å². The molecule has 1 aliphatic heterocycles. The average Bonchev–Trinajstić information content (AvgIpc) is 2.56. The standard InChI is InChI=1S/C15H20BrFN2/c1-10-2-4-15(5-3-10)8-18-13-6-11(16)12(17)7-14(13)19-9-15/h6-7,10,18-19H,2-5,8-9H2,1H3. The summed E-state index contributed by atoms with van der Waals surface area (Å²) >= 11 is 3.25. The smallest absolute Gasteiger partial charge is 0.139 e. The molecule has 4 heteroatoms. The topological polar surface area (TPSA) is 24.1 Å². The van der Waals surface area contributed by atoms with E-state index in [1.807, 2.05) is 6.07 Å². The Balaban J connectivity index is 1.81. The first-order valence-electron chi connectivity index (χ1n) is 7.05. The minimum Gasteiger partial charge on any atom is -0.383 e. The minimum atomic E-state index is -0.207. The highest BCUT2D eigenvalue weighted by molar-refractivity contribution is 9.10. The molecule has 0 unspecified atom stereocenters. The highest BCUT2D eigenvalue weighted by Gasteiger charge is 2.35. The van der Waals surface area contributed by atoms with Gasteiger partial charge in [-0.1, -0.05) is 19.8 Å². The summed E-state index contributed by atoms with van der Waals surface area (Å²) in [4.78, 5) is 0. The Hall–Kier alpha value is -0.770. The zero-order valence-corrected chi connectivity index (χ0v) is 12.8. The van der Waals surface area contributed by atoms with Gasteiger partial charge in [-0.15, -0.1) is 0 Å². The van der Waals surface area contributed by atoms with Crippen LogP contribution in [0.1, 0.15) is 32.6 Å². The molecule has 2 nitrogen and oxygen atoms in total. The number of hydrogen-bond donors (Lipinski definition) is 2. The van der Waals surface area contributed by atoms with Crippen LogP contribution in [0, 0.1) is 17.2 Å². The molecule has 104 valence electrons. The summed E-state index contributed by atoms with van der Waals surface area (Å²) in [6.07, 6.45) is 5.12. The molecule has 1 heterocycles. The number of rotatable bonds is 0. The molecule has 1 aromatic carbocycles. The second kappa shape index (κ2) is 4.97. The lowest BCUT2D eigenvalue weighted by Crippen LogP contribution is -2.38. The van der Waals surface area contributed by atoms with Crippen LogP contribution in [0.3, 0.4) is 0 Å². The SMILES string of the molecule is CC1CCC2(CC1)CNc1cc(F)c(Br)cc1NC2. The second-order valence-corrected chi connectivity index (χ2v) is 7.06. The number of benzene rings is 1. The van der Waals surface area contributed by atoms with Crippen molar-refractivity contribution in [2.45, 2.75) is 32.6 Å². The Morgan fingerprint density at radius 2 is 1.74 bits per heavy atom. The van der Waals surface area contributed by atoms with Gasteiger partial charge < -0.3 is 10.6 Å². The van der Waals surface area contributed by atoms with E-state index in [0.29, 0.717) is 9.89 Å². The first-order chi connectivity index (χ1) is 9.08. The summed E-state index contributed by atoms with van der Waals surface area (Å²) in [5.41, 5.74) is 2.22. The first kappa shape index (κ1) is 13.2. The summed E-state index contributed by atoms with van der Waals surface area (Å²) in [5.74, 6) is 0.643. The zero-order chi connectivity index (χ0) is 13.5. The van der Waals surface area contributed by atoms with Gasteiger partial charge >= 0.3 is 0 Å². The molecule has 3 rings (SSSR count). The molecule has 2 N–H and O–H groups in total. The predicted octanol–water partition coefficient (Wildman–Crippen LogP) is 4.62. The van der Waals surface area contributed by atoms with E-state index in [0.717, 1.165) is 30.4 Å². The fourth-order valence-corrected chi connectivity index (χ4v) is 3.54. The van der Waals surface area contributed by atoms with Crippen molar-refractivity contribution < 1.29 is 4.39 Å². The maximum Gasteiger partial charge on any atom is 0.139 e. The molecule has 19 heavy (non-hydrogen) atoms. The largest absolute Gasteiger partial charge is 0.383 e. The molecular weight excluding hydrogens is 307 g/mol. The summed E-state index contributed by atoms with van der Waals surface area (Å²) in [6, 6.07) is 3.42. The van der Waals surface area contributed by atoms with Crippen LogP contribution in [-0.2, 0) is 0 Å². The Labute approximate surface area is 122 Å². The van der Waals surface area contributed by atoms with E-state index in [9.17, 15) is 4.39 Å². The van der Waals surface area contributed by atoms with E-state index in [-0.39, 0.29) is 5.82 Å². The maximum atomic E-state index is 13.6. The van der Waals surface area contributed by atoms with Gasteiger partial charge in [-0.2, -0.15) is 0 Å². The summed E-state index contributed by atoms with van der Waals surface area (Å²) < 4.78 is 14.1. The molecule has 0 bridgehead atoms. The van der Waals surface area contributed by atoms with Crippen molar-refractivity contribution in [3.63, 3.8) is 0 Å². The normalized spacial score (nSPS) is 30.2. The molecule has 0 atom stereocenters.